The van der Waals surface area contributed by atoms with Gasteiger partial charge in [-0.15, -0.1) is 0 Å². The maximum Gasteiger partial charge on any atom is 0.143 e. The molecule has 0 bridgehead atoms. The Labute approximate surface area is 79.2 Å². The number of ether oxygens (including phenoxy) is 1. The molecule has 0 saturated carbocycles. The molecule has 0 atom stereocenters. The van der Waals surface area contributed by atoms with E-state index in [0.717, 1.165) is 19.3 Å². The van der Waals surface area contributed by atoms with Crippen molar-refractivity contribution in [3.8, 4) is 0 Å². The van der Waals surface area contributed by atoms with Crippen LogP contribution in [0, 0.1) is 0 Å². The molecule has 0 unspecified atom stereocenters. The van der Waals surface area contributed by atoms with Gasteiger partial charge in [0.1, 0.15) is 6.79 Å². The number of hydrogen-bond acceptors (Lipinski definition) is 2. The van der Waals surface area contributed by atoms with Crippen molar-refractivity contribution < 1.29 is 9.84 Å². The van der Waals surface area contributed by atoms with Crippen molar-refractivity contribution in [2.75, 3.05) is 13.4 Å². The molecule has 1 aromatic rings. The molecule has 72 valence electrons. The molecule has 0 amide bonds. The second kappa shape index (κ2) is 6.63. The van der Waals surface area contributed by atoms with E-state index in [-0.39, 0.29) is 6.79 Å². The summed E-state index contributed by atoms with van der Waals surface area (Å²) >= 11 is 0. The van der Waals surface area contributed by atoms with Crippen molar-refractivity contribution in [3.63, 3.8) is 0 Å². The lowest BCUT2D eigenvalue weighted by Crippen LogP contribution is -1.96. The van der Waals surface area contributed by atoms with Crippen LogP contribution in [0.4, 0.5) is 0 Å². The third-order valence-electron chi connectivity index (χ3n) is 1.94. The summed E-state index contributed by atoms with van der Waals surface area (Å²) in [7, 11) is 0. The van der Waals surface area contributed by atoms with Gasteiger partial charge in [0, 0.05) is 6.61 Å². The first-order valence-electron chi connectivity index (χ1n) is 4.66. The minimum Gasteiger partial charge on any atom is -0.371 e. The molecule has 1 rings (SSSR count). The molecule has 0 aliphatic carbocycles. The minimum absolute atomic E-state index is 0.161. The van der Waals surface area contributed by atoms with Gasteiger partial charge in [-0.1, -0.05) is 30.3 Å². The number of rotatable bonds is 6. The van der Waals surface area contributed by atoms with Crippen LogP contribution < -0.4 is 0 Å². The summed E-state index contributed by atoms with van der Waals surface area (Å²) in [5.41, 5.74) is 1.37. The van der Waals surface area contributed by atoms with Crippen molar-refractivity contribution in [2.45, 2.75) is 19.3 Å². The zero-order chi connectivity index (χ0) is 9.36. The highest BCUT2D eigenvalue weighted by Gasteiger charge is 1.91. The SMILES string of the molecule is OCOCCCCc1ccccc1. The van der Waals surface area contributed by atoms with Crippen LogP contribution in [0.25, 0.3) is 0 Å². The summed E-state index contributed by atoms with van der Waals surface area (Å²) in [4.78, 5) is 0. The first-order valence-corrected chi connectivity index (χ1v) is 4.66. The van der Waals surface area contributed by atoms with E-state index in [4.69, 9.17) is 9.84 Å². The first-order chi connectivity index (χ1) is 6.43. The van der Waals surface area contributed by atoms with Crippen LogP contribution in [0.2, 0.25) is 0 Å². The van der Waals surface area contributed by atoms with E-state index in [9.17, 15) is 0 Å². The molecule has 0 spiro atoms. The van der Waals surface area contributed by atoms with Crippen molar-refractivity contribution in [1.29, 1.82) is 0 Å². The van der Waals surface area contributed by atoms with E-state index in [1.54, 1.807) is 0 Å². The summed E-state index contributed by atoms with van der Waals surface area (Å²) in [5, 5.41) is 8.36. The summed E-state index contributed by atoms with van der Waals surface area (Å²) in [5.74, 6) is 0. The van der Waals surface area contributed by atoms with Gasteiger partial charge in [-0.2, -0.15) is 0 Å². The fourth-order valence-corrected chi connectivity index (χ4v) is 1.24. The van der Waals surface area contributed by atoms with E-state index in [2.05, 4.69) is 24.3 Å². The van der Waals surface area contributed by atoms with Gasteiger partial charge in [0.2, 0.25) is 0 Å². The van der Waals surface area contributed by atoms with E-state index < -0.39 is 0 Å². The molecule has 0 aromatic heterocycles. The maximum absolute atomic E-state index is 8.36. The van der Waals surface area contributed by atoms with Crippen molar-refractivity contribution in [2.24, 2.45) is 0 Å². The van der Waals surface area contributed by atoms with Crippen molar-refractivity contribution in [1.82, 2.24) is 0 Å². The zero-order valence-corrected chi connectivity index (χ0v) is 7.78. The molecular weight excluding hydrogens is 164 g/mol. The van der Waals surface area contributed by atoms with E-state index in [0.29, 0.717) is 6.61 Å². The van der Waals surface area contributed by atoms with Gasteiger partial charge in [-0.3, -0.25) is 0 Å². The fourth-order valence-electron chi connectivity index (χ4n) is 1.24. The highest BCUT2D eigenvalue weighted by atomic mass is 16.6. The predicted octanol–water partition coefficient (Wildman–Crippen LogP) is 1.98. The topological polar surface area (TPSA) is 29.5 Å². The Morgan fingerprint density at radius 1 is 1.08 bits per heavy atom. The van der Waals surface area contributed by atoms with Gasteiger partial charge in [0.15, 0.2) is 0 Å². The highest BCUT2D eigenvalue weighted by molar-refractivity contribution is 5.14. The van der Waals surface area contributed by atoms with Crippen LogP contribution in [0.1, 0.15) is 18.4 Å². The number of hydrogen-bond donors (Lipinski definition) is 1. The molecule has 0 heterocycles. The van der Waals surface area contributed by atoms with E-state index in [1.807, 2.05) is 6.07 Å². The average molecular weight is 180 g/mol. The van der Waals surface area contributed by atoms with Gasteiger partial charge in [-0.25, -0.2) is 0 Å². The molecule has 0 radical (unpaired) electrons. The highest BCUT2D eigenvalue weighted by Crippen LogP contribution is 2.04. The van der Waals surface area contributed by atoms with Crippen LogP contribution >= 0.6 is 0 Å². The lowest BCUT2D eigenvalue weighted by molar-refractivity contribution is -0.00265. The Bertz CT molecular complexity index is 209. The van der Waals surface area contributed by atoms with Crippen LogP contribution in [-0.2, 0) is 11.2 Å². The second-order valence-corrected chi connectivity index (χ2v) is 2.98. The van der Waals surface area contributed by atoms with E-state index in [1.165, 1.54) is 5.56 Å². The molecule has 1 aromatic carbocycles. The van der Waals surface area contributed by atoms with Crippen LogP contribution in [0.15, 0.2) is 30.3 Å². The standard InChI is InChI=1S/C11H16O2/c12-10-13-9-5-4-8-11-6-2-1-3-7-11/h1-3,6-7,12H,4-5,8-10H2. The number of benzene rings is 1. The third kappa shape index (κ3) is 4.65. The molecule has 2 heteroatoms. The summed E-state index contributed by atoms with van der Waals surface area (Å²) in [6.07, 6.45) is 3.22. The molecule has 0 fully saturated rings. The Balaban J connectivity index is 2.07. The monoisotopic (exact) mass is 180 g/mol. The molecule has 13 heavy (non-hydrogen) atoms. The Kier molecular flexibility index (Phi) is 5.22. The molecule has 0 saturated heterocycles. The molecule has 0 aliphatic heterocycles. The molecule has 2 nitrogen and oxygen atoms in total. The lowest BCUT2D eigenvalue weighted by atomic mass is 10.1. The van der Waals surface area contributed by atoms with Gasteiger partial charge < -0.3 is 9.84 Å². The first kappa shape index (κ1) is 10.2. The molecule has 0 aliphatic rings. The smallest absolute Gasteiger partial charge is 0.143 e. The van der Waals surface area contributed by atoms with Crippen molar-refractivity contribution in [3.05, 3.63) is 35.9 Å². The largest absolute Gasteiger partial charge is 0.371 e. The summed E-state index contributed by atoms with van der Waals surface area (Å²) in [6, 6.07) is 10.4. The quantitative estimate of drug-likeness (QED) is 0.535. The number of unbranched alkanes of at least 4 members (excludes halogenated alkanes) is 1. The van der Waals surface area contributed by atoms with Gasteiger partial charge in [0.05, 0.1) is 0 Å². The Hall–Kier alpha value is -0.860. The van der Waals surface area contributed by atoms with Gasteiger partial charge >= 0.3 is 0 Å². The zero-order valence-electron chi connectivity index (χ0n) is 7.78. The normalized spacial score (nSPS) is 10.2. The number of aryl methyl sites for hydroxylation is 1. The Morgan fingerprint density at radius 2 is 1.85 bits per heavy atom. The van der Waals surface area contributed by atoms with Crippen LogP contribution in [-0.4, -0.2) is 18.5 Å². The minimum atomic E-state index is -0.161. The third-order valence-corrected chi connectivity index (χ3v) is 1.94. The van der Waals surface area contributed by atoms with Crippen molar-refractivity contribution >= 4 is 0 Å². The number of aliphatic hydroxyl groups is 1. The predicted molar refractivity (Wildman–Crippen MR) is 52.4 cm³/mol. The van der Waals surface area contributed by atoms with Gasteiger partial charge in [-0.05, 0) is 24.8 Å². The fraction of sp³-hybridized carbons (Fsp3) is 0.455. The molecular formula is C11H16O2. The average Bonchev–Trinajstić information content (AvgIpc) is 2.19. The van der Waals surface area contributed by atoms with Crippen LogP contribution in [0.5, 0.6) is 0 Å². The Morgan fingerprint density at radius 3 is 2.54 bits per heavy atom. The van der Waals surface area contributed by atoms with Crippen LogP contribution in [0.3, 0.4) is 0 Å². The van der Waals surface area contributed by atoms with Gasteiger partial charge in [0.25, 0.3) is 0 Å². The lowest BCUT2D eigenvalue weighted by Gasteiger charge is -2.01. The van der Waals surface area contributed by atoms with E-state index >= 15 is 0 Å². The second-order valence-electron chi connectivity index (χ2n) is 2.98. The summed E-state index contributed by atoms with van der Waals surface area (Å²) < 4.78 is 4.83. The maximum atomic E-state index is 8.36. The molecule has 1 N–H and O–H groups in total. The summed E-state index contributed by atoms with van der Waals surface area (Å²) in [6.45, 7) is 0.495. The number of aliphatic hydroxyl groups excluding tert-OH is 1.